The number of hydrogen-bond donors (Lipinski definition) is 1. The lowest BCUT2D eigenvalue weighted by Gasteiger charge is -2.09. The maximum atomic E-state index is 5.71. The minimum atomic E-state index is 0.472. The average molecular weight is 317 g/mol. The molecule has 2 aromatic heterocycles. The summed E-state index contributed by atoms with van der Waals surface area (Å²) in [5, 5.41) is 11.1. The van der Waals surface area contributed by atoms with Gasteiger partial charge in [-0.3, -0.25) is 5.10 Å². The van der Waals surface area contributed by atoms with Crippen molar-refractivity contribution in [3.05, 3.63) is 54.6 Å². The molecule has 0 saturated heterocycles. The van der Waals surface area contributed by atoms with Gasteiger partial charge in [0.2, 0.25) is 5.88 Å². The molecule has 1 N–H and O–H groups in total. The van der Waals surface area contributed by atoms with Crippen molar-refractivity contribution < 1.29 is 4.74 Å². The minimum absolute atomic E-state index is 0.472. The fraction of sp³-hybridized carbons (Fsp3) is 0.111. The Morgan fingerprint density at radius 2 is 1.58 bits per heavy atom. The van der Waals surface area contributed by atoms with E-state index in [4.69, 9.17) is 9.72 Å². The lowest BCUT2D eigenvalue weighted by molar-refractivity contribution is 0.328. The van der Waals surface area contributed by atoms with Crippen LogP contribution in [0.15, 0.2) is 54.6 Å². The second kappa shape index (κ2) is 6.08. The number of nitrogens with zero attached hydrogens (tertiary/aromatic N) is 4. The number of aromatic nitrogens is 5. The minimum Gasteiger partial charge on any atom is -0.476 e. The van der Waals surface area contributed by atoms with Crippen molar-refractivity contribution in [2.45, 2.75) is 6.92 Å². The van der Waals surface area contributed by atoms with Gasteiger partial charge in [0.1, 0.15) is 11.4 Å². The van der Waals surface area contributed by atoms with E-state index in [0.717, 1.165) is 22.3 Å². The zero-order chi connectivity index (χ0) is 16.4. The summed E-state index contributed by atoms with van der Waals surface area (Å²) >= 11 is 0. The van der Waals surface area contributed by atoms with E-state index in [1.807, 2.05) is 61.5 Å². The molecule has 0 unspecified atom stereocenters. The predicted octanol–water partition coefficient (Wildman–Crippen LogP) is 3.48. The fourth-order valence-electron chi connectivity index (χ4n) is 2.58. The summed E-state index contributed by atoms with van der Waals surface area (Å²) in [6.07, 6.45) is 0. The Morgan fingerprint density at radius 3 is 2.33 bits per heavy atom. The molecular weight excluding hydrogens is 302 g/mol. The highest BCUT2D eigenvalue weighted by Crippen LogP contribution is 2.33. The molecule has 2 heterocycles. The first kappa shape index (κ1) is 14.3. The van der Waals surface area contributed by atoms with E-state index in [0.29, 0.717) is 23.9 Å². The van der Waals surface area contributed by atoms with Crippen molar-refractivity contribution in [2.75, 3.05) is 6.61 Å². The van der Waals surface area contributed by atoms with Gasteiger partial charge in [0.05, 0.1) is 17.6 Å². The van der Waals surface area contributed by atoms with Crippen LogP contribution in [0.5, 0.6) is 5.88 Å². The highest BCUT2D eigenvalue weighted by atomic mass is 16.5. The van der Waals surface area contributed by atoms with E-state index in [1.165, 1.54) is 0 Å². The van der Waals surface area contributed by atoms with Gasteiger partial charge in [0.25, 0.3) is 0 Å². The lowest BCUT2D eigenvalue weighted by Crippen LogP contribution is -2.01. The van der Waals surface area contributed by atoms with Crippen LogP contribution in [0.25, 0.3) is 33.7 Å². The van der Waals surface area contributed by atoms with E-state index < -0.39 is 0 Å². The summed E-state index contributed by atoms with van der Waals surface area (Å²) < 4.78 is 5.71. The summed E-state index contributed by atoms with van der Waals surface area (Å²) in [5.74, 6) is 0.472. The van der Waals surface area contributed by atoms with Crippen LogP contribution in [-0.4, -0.2) is 32.0 Å². The van der Waals surface area contributed by atoms with E-state index in [9.17, 15) is 0 Å². The third-order valence-corrected chi connectivity index (χ3v) is 3.65. The molecule has 0 bridgehead atoms. The van der Waals surface area contributed by atoms with Crippen molar-refractivity contribution in [2.24, 2.45) is 0 Å². The third-order valence-electron chi connectivity index (χ3n) is 3.65. The Kier molecular flexibility index (Phi) is 3.63. The molecule has 0 aliphatic carbocycles. The number of fused-ring (bicyclic) bond motifs is 1. The highest BCUT2D eigenvalue weighted by molar-refractivity contribution is 5.83. The zero-order valence-corrected chi connectivity index (χ0v) is 13.1. The smallest absolute Gasteiger partial charge is 0.242 e. The molecule has 2 aromatic carbocycles. The quantitative estimate of drug-likeness (QED) is 0.623. The van der Waals surface area contributed by atoms with Crippen LogP contribution in [0.3, 0.4) is 0 Å². The molecule has 0 amide bonds. The molecule has 0 spiro atoms. The summed E-state index contributed by atoms with van der Waals surface area (Å²) in [6.45, 7) is 2.42. The number of rotatable bonds is 4. The molecule has 118 valence electrons. The van der Waals surface area contributed by atoms with Gasteiger partial charge in [-0.1, -0.05) is 47.7 Å². The number of benzene rings is 2. The molecule has 0 aliphatic heterocycles. The number of nitrogens with one attached hydrogen (secondary N) is 1. The standard InChI is InChI=1S/C18H15N5O/c1-2-24-18-17(19-13-10-6-7-11-14(13)20-18)16-15(21-23-22-16)12-8-4-3-5-9-12/h3-11H,2H2,1H3,(H,21,22,23). The molecule has 0 fully saturated rings. The fourth-order valence-corrected chi connectivity index (χ4v) is 2.58. The first-order valence-electron chi connectivity index (χ1n) is 7.73. The second-order valence-corrected chi connectivity index (χ2v) is 5.20. The summed E-state index contributed by atoms with van der Waals surface area (Å²) in [5.41, 5.74) is 4.57. The van der Waals surface area contributed by atoms with Crippen LogP contribution in [0.1, 0.15) is 6.92 Å². The molecule has 4 aromatic rings. The van der Waals surface area contributed by atoms with Gasteiger partial charge in [0, 0.05) is 5.56 Å². The summed E-state index contributed by atoms with van der Waals surface area (Å²) in [4.78, 5) is 9.32. The molecule has 6 heteroatoms. The van der Waals surface area contributed by atoms with Crippen LogP contribution in [0, 0.1) is 0 Å². The Balaban J connectivity index is 1.93. The molecular formula is C18H15N5O. The van der Waals surface area contributed by atoms with Crippen molar-refractivity contribution >= 4 is 11.0 Å². The first-order chi connectivity index (χ1) is 11.9. The second-order valence-electron chi connectivity index (χ2n) is 5.20. The Labute approximate surface area is 138 Å². The van der Waals surface area contributed by atoms with Gasteiger partial charge >= 0.3 is 0 Å². The van der Waals surface area contributed by atoms with E-state index in [2.05, 4.69) is 20.4 Å². The van der Waals surface area contributed by atoms with Crippen LogP contribution in [0.4, 0.5) is 0 Å². The van der Waals surface area contributed by atoms with E-state index in [-0.39, 0.29) is 0 Å². The van der Waals surface area contributed by atoms with Crippen molar-refractivity contribution in [3.63, 3.8) is 0 Å². The maximum Gasteiger partial charge on any atom is 0.242 e. The highest BCUT2D eigenvalue weighted by Gasteiger charge is 2.19. The number of hydrogen-bond acceptors (Lipinski definition) is 5. The lowest BCUT2D eigenvalue weighted by atomic mass is 10.1. The topological polar surface area (TPSA) is 76.6 Å². The number of aromatic amines is 1. The Morgan fingerprint density at radius 1 is 0.875 bits per heavy atom. The van der Waals surface area contributed by atoms with Crippen molar-refractivity contribution in [1.82, 2.24) is 25.4 Å². The molecule has 0 radical (unpaired) electrons. The molecule has 4 rings (SSSR count). The van der Waals surface area contributed by atoms with Crippen molar-refractivity contribution in [3.8, 4) is 28.5 Å². The zero-order valence-electron chi connectivity index (χ0n) is 13.1. The SMILES string of the molecule is CCOc1nc2ccccc2nc1-c1[nH]nnc1-c1ccccc1. The molecule has 0 aliphatic rings. The Hall–Kier alpha value is -3.28. The first-order valence-corrected chi connectivity index (χ1v) is 7.73. The predicted molar refractivity (Wildman–Crippen MR) is 91.5 cm³/mol. The van der Waals surface area contributed by atoms with Gasteiger partial charge in [-0.2, -0.15) is 0 Å². The van der Waals surface area contributed by atoms with Gasteiger partial charge in [-0.15, -0.1) is 5.10 Å². The van der Waals surface area contributed by atoms with Crippen LogP contribution in [-0.2, 0) is 0 Å². The van der Waals surface area contributed by atoms with Crippen molar-refractivity contribution in [1.29, 1.82) is 0 Å². The maximum absolute atomic E-state index is 5.71. The normalized spacial score (nSPS) is 10.9. The third kappa shape index (κ3) is 2.48. The molecule has 24 heavy (non-hydrogen) atoms. The Bertz CT molecular complexity index is 981. The molecule has 0 saturated carbocycles. The van der Waals surface area contributed by atoms with Crippen LogP contribution < -0.4 is 4.74 Å². The van der Waals surface area contributed by atoms with Gasteiger partial charge in [-0.05, 0) is 19.1 Å². The van der Waals surface area contributed by atoms with Gasteiger partial charge in [0.15, 0.2) is 5.69 Å². The molecule has 0 atom stereocenters. The number of H-pyrrole nitrogens is 1. The van der Waals surface area contributed by atoms with Crippen LogP contribution in [0.2, 0.25) is 0 Å². The van der Waals surface area contributed by atoms with Gasteiger partial charge < -0.3 is 4.74 Å². The summed E-state index contributed by atoms with van der Waals surface area (Å²) in [7, 11) is 0. The monoisotopic (exact) mass is 317 g/mol. The van der Waals surface area contributed by atoms with Crippen LogP contribution >= 0.6 is 0 Å². The number of para-hydroxylation sites is 2. The van der Waals surface area contributed by atoms with E-state index in [1.54, 1.807) is 0 Å². The largest absolute Gasteiger partial charge is 0.476 e. The average Bonchev–Trinajstić information content (AvgIpc) is 3.12. The van der Waals surface area contributed by atoms with Gasteiger partial charge in [-0.25, -0.2) is 9.97 Å². The number of ether oxygens (including phenoxy) is 1. The van der Waals surface area contributed by atoms with E-state index >= 15 is 0 Å². The summed E-state index contributed by atoms with van der Waals surface area (Å²) in [6, 6.07) is 17.6. The molecule has 6 nitrogen and oxygen atoms in total.